The third kappa shape index (κ3) is 6.49. The van der Waals surface area contributed by atoms with Gasteiger partial charge in [-0.1, -0.05) is 56.0 Å². The van der Waals surface area contributed by atoms with Gasteiger partial charge in [0.25, 0.3) is 0 Å². The van der Waals surface area contributed by atoms with Crippen molar-refractivity contribution in [2.24, 2.45) is 11.7 Å². The first-order valence-corrected chi connectivity index (χ1v) is 7.83. The number of carbonyl (C=O) groups is 1. The van der Waals surface area contributed by atoms with Crippen LogP contribution in [0.25, 0.3) is 0 Å². The zero-order valence-corrected chi connectivity index (χ0v) is 13.4. The Balaban J connectivity index is 0.00000220. The number of rotatable bonds is 7. The highest BCUT2D eigenvalue weighted by Gasteiger charge is 2.16. The predicted molar refractivity (Wildman–Crippen MR) is 89.6 cm³/mol. The van der Waals surface area contributed by atoms with Crippen LogP contribution in [0.2, 0.25) is 0 Å². The number of halogens is 1. The van der Waals surface area contributed by atoms with E-state index >= 15 is 0 Å². The van der Waals surface area contributed by atoms with Crippen molar-refractivity contribution in [1.29, 1.82) is 0 Å². The average Bonchev–Trinajstić information content (AvgIpc) is 2.97. The molecule has 3 N–H and O–H groups in total. The predicted octanol–water partition coefficient (Wildman–Crippen LogP) is 3.06. The van der Waals surface area contributed by atoms with Crippen LogP contribution in [-0.4, -0.2) is 18.5 Å². The summed E-state index contributed by atoms with van der Waals surface area (Å²) in [5, 5.41) is 2.96. The van der Waals surface area contributed by atoms with Gasteiger partial charge in [-0.05, 0) is 30.7 Å². The first-order valence-electron chi connectivity index (χ1n) is 7.83. The summed E-state index contributed by atoms with van der Waals surface area (Å²) < 4.78 is 0. The van der Waals surface area contributed by atoms with Crippen molar-refractivity contribution in [3.8, 4) is 0 Å². The van der Waals surface area contributed by atoms with Crippen LogP contribution in [0.1, 0.15) is 44.1 Å². The van der Waals surface area contributed by atoms with Crippen molar-refractivity contribution in [2.45, 2.75) is 51.0 Å². The fourth-order valence-electron chi connectivity index (χ4n) is 2.99. The van der Waals surface area contributed by atoms with Gasteiger partial charge in [-0.3, -0.25) is 4.79 Å². The van der Waals surface area contributed by atoms with Crippen LogP contribution < -0.4 is 11.1 Å². The molecule has 21 heavy (non-hydrogen) atoms. The van der Waals surface area contributed by atoms with Crippen molar-refractivity contribution in [2.75, 3.05) is 6.54 Å². The Morgan fingerprint density at radius 1 is 1.24 bits per heavy atom. The van der Waals surface area contributed by atoms with E-state index < -0.39 is 6.04 Å². The summed E-state index contributed by atoms with van der Waals surface area (Å²) in [5.74, 6) is 0.866. The highest BCUT2D eigenvalue weighted by atomic mass is 35.5. The lowest BCUT2D eigenvalue weighted by molar-refractivity contribution is -0.122. The number of nitrogens with two attached hydrogens (primary N) is 1. The minimum atomic E-state index is -0.441. The molecule has 0 aliphatic heterocycles. The lowest BCUT2D eigenvalue weighted by Gasteiger charge is -2.13. The summed E-state index contributed by atoms with van der Waals surface area (Å²) in [5.41, 5.74) is 7.05. The zero-order valence-electron chi connectivity index (χ0n) is 12.6. The van der Waals surface area contributed by atoms with Gasteiger partial charge < -0.3 is 11.1 Å². The highest BCUT2D eigenvalue weighted by molar-refractivity contribution is 5.85. The van der Waals surface area contributed by atoms with E-state index in [1.165, 1.54) is 32.1 Å². The number of carbonyl (C=O) groups excluding carboxylic acids is 1. The Morgan fingerprint density at radius 3 is 2.57 bits per heavy atom. The summed E-state index contributed by atoms with van der Waals surface area (Å²) in [4.78, 5) is 11.9. The molecule has 1 aromatic rings. The molecule has 1 aliphatic carbocycles. The van der Waals surface area contributed by atoms with Crippen molar-refractivity contribution in [1.82, 2.24) is 5.32 Å². The number of benzene rings is 1. The smallest absolute Gasteiger partial charge is 0.237 e. The first-order chi connectivity index (χ1) is 9.75. The highest BCUT2D eigenvalue weighted by Crippen LogP contribution is 2.28. The Kier molecular flexibility index (Phi) is 8.40. The van der Waals surface area contributed by atoms with Crippen LogP contribution >= 0.6 is 12.4 Å². The summed E-state index contributed by atoms with van der Waals surface area (Å²) in [6.07, 6.45) is 8.46. The molecule has 1 fully saturated rings. The molecule has 4 heteroatoms. The Morgan fingerprint density at radius 2 is 1.90 bits per heavy atom. The fourth-order valence-corrected chi connectivity index (χ4v) is 2.99. The van der Waals surface area contributed by atoms with Crippen molar-refractivity contribution in [3.05, 3.63) is 35.9 Å². The standard InChI is InChI=1S/C17H26N2O.ClH/c18-16(13-15-9-2-1-3-10-15)17(20)19-12-6-11-14-7-4-5-8-14;/h1-3,9-10,14,16H,4-8,11-13,18H2,(H,19,20);1H/t16-;/m0./s1. The monoisotopic (exact) mass is 310 g/mol. The van der Waals surface area contributed by atoms with Gasteiger partial charge in [0.15, 0.2) is 0 Å². The molecule has 0 radical (unpaired) electrons. The maximum absolute atomic E-state index is 11.9. The van der Waals surface area contributed by atoms with Gasteiger partial charge in [0.05, 0.1) is 6.04 Å². The summed E-state index contributed by atoms with van der Waals surface area (Å²) in [6.45, 7) is 0.762. The SMILES string of the molecule is Cl.N[C@@H](Cc1ccccc1)C(=O)NCCCC1CCCC1. The number of nitrogens with one attached hydrogen (secondary N) is 1. The molecule has 0 unspecified atom stereocenters. The second-order valence-electron chi connectivity index (χ2n) is 5.88. The van der Waals surface area contributed by atoms with Crippen LogP contribution in [0.5, 0.6) is 0 Å². The molecule has 1 aromatic carbocycles. The Labute approximate surface area is 134 Å². The molecule has 0 bridgehead atoms. The van der Waals surface area contributed by atoms with Crippen LogP contribution in [0, 0.1) is 5.92 Å². The molecule has 0 spiro atoms. The van der Waals surface area contributed by atoms with Crippen LogP contribution in [0.4, 0.5) is 0 Å². The largest absolute Gasteiger partial charge is 0.355 e. The first kappa shape index (κ1) is 18.0. The van der Waals surface area contributed by atoms with Gasteiger partial charge in [0, 0.05) is 6.54 Å². The minimum Gasteiger partial charge on any atom is -0.355 e. The third-order valence-electron chi connectivity index (χ3n) is 4.20. The molecular weight excluding hydrogens is 284 g/mol. The number of hydrogen-bond donors (Lipinski definition) is 2. The minimum absolute atomic E-state index is 0. The second-order valence-corrected chi connectivity index (χ2v) is 5.88. The zero-order chi connectivity index (χ0) is 14.2. The maximum atomic E-state index is 11.9. The molecule has 0 saturated heterocycles. The van der Waals surface area contributed by atoms with E-state index in [1.807, 2.05) is 30.3 Å². The van der Waals surface area contributed by atoms with Crippen LogP contribution in [0.3, 0.4) is 0 Å². The summed E-state index contributed by atoms with van der Waals surface area (Å²) in [7, 11) is 0. The van der Waals surface area contributed by atoms with Gasteiger partial charge in [0.1, 0.15) is 0 Å². The van der Waals surface area contributed by atoms with E-state index in [-0.39, 0.29) is 18.3 Å². The lowest BCUT2D eigenvalue weighted by Crippen LogP contribution is -2.42. The van der Waals surface area contributed by atoms with E-state index in [0.717, 1.165) is 24.4 Å². The quantitative estimate of drug-likeness (QED) is 0.760. The molecule has 118 valence electrons. The van der Waals surface area contributed by atoms with Crippen molar-refractivity contribution < 1.29 is 4.79 Å². The topological polar surface area (TPSA) is 55.1 Å². The molecule has 1 atom stereocenters. The lowest BCUT2D eigenvalue weighted by atomic mass is 10.0. The third-order valence-corrected chi connectivity index (χ3v) is 4.20. The number of amides is 1. The normalized spacial score (nSPS) is 16.2. The summed E-state index contributed by atoms with van der Waals surface area (Å²) >= 11 is 0. The van der Waals surface area contributed by atoms with Gasteiger partial charge >= 0.3 is 0 Å². The van der Waals surface area contributed by atoms with Crippen molar-refractivity contribution in [3.63, 3.8) is 0 Å². The maximum Gasteiger partial charge on any atom is 0.237 e. The molecular formula is C17H27ClN2O. The van der Waals surface area contributed by atoms with E-state index in [4.69, 9.17) is 5.73 Å². The molecule has 1 saturated carbocycles. The van der Waals surface area contributed by atoms with Crippen LogP contribution in [0.15, 0.2) is 30.3 Å². The molecule has 0 heterocycles. The molecule has 1 aliphatic rings. The van der Waals surface area contributed by atoms with Gasteiger partial charge in [-0.25, -0.2) is 0 Å². The Hall–Kier alpha value is -1.06. The fraction of sp³-hybridized carbons (Fsp3) is 0.588. The van der Waals surface area contributed by atoms with Gasteiger partial charge in [0.2, 0.25) is 5.91 Å². The van der Waals surface area contributed by atoms with Crippen LogP contribution in [-0.2, 0) is 11.2 Å². The van der Waals surface area contributed by atoms with E-state index in [9.17, 15) is 4.79 Å². The molecule has 1 amide bonds. The van der Waals surface area contributed by atoms with Gasteiger partial charge in [-0.2, -0.15) is 0 Å². The van der Waals surface area contributed by atoms with E-state index in [1.54, 1.807) is 0 Å². The number of hydrogen-bond acceptors (Lipinski definition) is 2. The van der Waals surface area contributed by atoms with Gasteiger partial charge in [-0.15, -0.1) is 12.4 Å². The van der Waals surface area contributed by atoms with E-state index in [2.05, 4.69) is 5.32 Å². The van der Waals surface area contributed by atoms with Crippen molar-refractivity contribution >= 4 is 18.3 Å². The van der Waals surface area contributed by atoms with E-state index in [0.29, 0.717) is 6.42 Å². The molecule has 0 aromatic heterocycles. The second kappa shape index (κ2) is 9.80. The average molecular weight is 311 g/mol. The Bertz CT molecular complexity index is 405. The molecule has 2 rings (SSSR count). The summed E-state index contributed by atoms with van der Waals surface area (Å²) in [6, 6.07) is 9.49. The molecule has 3 nitrogen and oxygen atoms in total.